The van der Waals surface area contributed by atoms with Gasteiger partial charge in [0.1, 0.15) is 11.4 Å². The minimum Gasteiger partial charge on any atom is -0.467 e. The van der Waals surface area contributed by atoms with Crippen LogP contribution < -0.4 is 11.5 Å². The van der Waals surface area contributed by atoms with Gasteiger partial charge in [-0.05, 0) is 13.0 Å². The van der Waals surface area contributed by atoms with Crippen molar-refractivity contribution in [3.63, 3.8) is 0 Å². The molecular formula is C9H13N3O2. The summed E-state index contributed by atoms with van der Waals surface area (Å²) in [5.41, 5.74) is 10.6. The summed E-state index contributed by atoms with van der Waals surface area (Å²) in [6.07, 6.45) is 1.46. The Balaban J connectivity index is 3.03. The average molecular weight is 195 g/mol. The number of carbonyl (C=O) groups is 1. The van der Waals surface area contributed by atoms with Crippen LogP contribution in [0.5, 0.6) is 0 Å². The van der Waals surface area contributed by atoms with Gasteiger partial charge in [-0.3, -0.25) is 0 Å². The summed E-state index contributed by atoms with van der Waals surface area (Å²) in [4.78, 5) is 15.2. The lowest BCUT2D eigenvalue weighted by molar-refractivity contribution is -0.146. The van der Waals surface area contributed by atoms with E-state index in [9.17, 15) is 4.79 Å². The zero-order valence-corrected chi connectivity index (χ0v) is 8.15. The molecule has 5 heteroatoms. The first kappa shape index (κ1) is 10.5. The summed E-state index contributed by atoms with van der Waals surface area (Å²) in [6.45, 7) is 1.56. The van der Waals surface area contributed by atoms with E-state index in [1.54, 1.807) is 19.1 Å². The molecule has 0 amide bonds. The number of rotatable bonds is 2. The largest absolute Gasteiger partial charge is 0.467 e. The third kappa shape index (κ3) is 1.82. The lowest BCUT2D eigenvalue weighted by atomic mass is 9.95. The summed E-state index contributed by atoms with van der Waals surface area (Å²) < 4.78 is 4.58. The number of hydrogen-bond acceptors (Lipinski definition) is 5. The summed E-state index contributed by atoms with van der Waals surface area (Å²) in [6, 6.07) is 3.24. The van der Waals surface area contributed by atoms with Gasteiger partial charge in [0.05, 0.1) is 7.11 Å². The molecule has 14 heavy (non-hydrogen) atoms. The van der Waals surface area contributed by atoms with Crippen LogP contribution >= 0.6 is 0 Å². The summed E-state index contributed by atoms with van der Waals surface area (Å²) >= 11 is 0. The van der Waals surface area contributed by atoms with E-state index < -0.39 is 11.5 Å². The zero-order chi connectivity index (χ0) is 10.8. The van der Waals surface area contributed by atoms with E-state index in [-0.39, 0.29) is 0 Å². The van der Waals surface area contributed by atoms with Gasteiger partial charge in [-0.2, -0.15) is 0 Å². The van der Waals surface area contributed by atoms with Gasteiger partial charge in [0.15, 0.2) is 0 Å². The van der Waals surface area contributed by atoms with E-state index >= 15 is 0 Å². The van der Waals surface area contributed by atoms with Crippen molar-refractivity contribution >= 4 is 11.8 Å². The molecule has 0 aliphatic rings. The Bertz CT molecular complexity index is 332. The maximum absolute atomic E-state index is 11.3. The number of methoxy groups -OCH3 is 1. The van der Waals surface area contributed by atoms with Crippen LogP contribution in [-0.4, -0.2) is 18.1 Å². The van der Waals surface area contributed by atoms with Gasteiger partial charge in [-0.1, -0.05) is 6.07 Å². The maximum atomic E-state index is 11.3. The van der Waals surface area contributed by atoms with Crippen molar-refractivity contribution in [2.45, 2.75) is 12.5 Å². The number of hydrogen-bond donors (Lipinski definition) is 2. The molecule has 0 saturated carbocycles. The fourth-order valence-corrected chi connectivity index (χ4v) is 1.04. The number of pyridine rings is 1. The highest BCUT2D eigenvalue weighted by Gasteiger charge is 2.31. The van der Waals surface area contributed by atoms with Crippen molar-refractivity contribution in [2.24, 2.45) is 5.73 Å². The average Bonchev–Trinajstić information content (AvgIpc) is 2.17. The molecule has 0 aromatic carbocycles. The fraction of sp³-hybridized carbons (Fsp3) is 0.333. The molecule has 0 spiro atoms. The highest BCUT2D eigenvalue weighted by Crippen LogP contribution is 2.18. The minimum absolute atomic E-state index is 0.384. The van der Waals surface area contributed by atoms with Gasteiger partial charge >= 0.3 is 5.97 Å². The molecule has 0 aliphatic carbocycles. The molecule has 0 fully saturated rings. The minimum atomic E-state index is -1.19. The Morgan fingerprint density at radius 2 is 2.21 bits per heavy atom. The Morgan fingerprint density at radius 1 is 1.57 bits per heavy atom. The van der Waals surface area contributed by atoms with Gasteiger partial charge in [0, 0.05) is 11.8 Å². The lowest BCUT2D eigenvalue weighted by Gasteiger charge is -2.21. The molecule has 1 aromatic rings. The fourth-order valence-electron chi connectivity index (χ4n) is 1.04. The van der Waals surface area contributed by atoms with Crippen LogP contribution in [0.25, 0.3) is 0 Å². The molecule has 0 saturated heterocycles. The SMILES string of the molecule is COC(=O)[C@@](C)(N)c1ccc(N)nc1. The quantitative estimate of drug-likeness (QED) is 0.648. The molecular weight excluding hydrogens is 182 g/mol. The second-order valence-corrected chi connectivity index (χ2v) is 3.17. The van der Waals surface area contributed by atoms with Gasteiger partial charge < -0.3 is 16.2 Å². The normalized spacial score (nSPS) is 14.5. The van der Waals surface area contributed by atoms with Crippen molar-refractivity contribution < 1.29 is 9.53 Å². The van der Waals surface area contributed by atoms with Gasteiger partial charge in [-0.25, -0.2) is 9.78 Å². The van der Waals surface area contributed by atoms with Crippen molar-refractivity contribution in [1.82, 2.24) is 4.98 Å². The number of aromatic nitrogens is 1. The molecule has 0 unspecified atom stereocenters. The molecule has 5 nitrogen and oxygen atoms in total. The van der Waals surface area contributed by atoms with Crippen LogP contribution in [0, 0.1) is 0 Å². The highest BCUT2D eigenvalue weighted by atomic mass is 16.5. The topological polar surface area (TPSA) is 91.2 Å². The van der Waals surface area contributed by atoms with Crippen LogP contribution in [0.2, 0.25) is 0 Å². The van der Waals surface area contributed by atoms with Crippen LogP contribution in [-0.2, 0) is 15.1 Å². The Hall–Kier alpha value is -1.62. The predicted molar refractivity (Wildman–Crippen MR) is 52.2 cm³/mol. The van der Waals surface area contributed by atoms with E-state index in [0.717, 1.165) is 0 Å². The molecule has 76 valence electrons. The second kappa shape index (κ2) is 3.63. The van der Waals surface area contributed by atoms with E-state index in [1.165, 1.54) is 13.3 Å². The second-order valence-electron chi connectivity index (χ2n) is 3.17. The first-order valence-electron chi connectivity index (χ1n) is 4.08. The maximum Gasteiger partial charge on any atom is 0.330 e. The molecule has 1 heterocycles. The standard InChI is InChI=1S/C9H13N3O2/c1-9(11,8(13)14-2)6-3-4-7(10)12-5-6/h3-5H,11H2,1-2H3,(H2,10,12)/t9-/m0/s1. The number of esters is 1. The van der Waals surface area contributed by atoms with E-state index in [0.29, 0.717) is 11.4 Å². The Morgan fingerprint density at radius 3 is 2.64 bits per heavy atom. The lowest BCUT2D eigenvalue weighted by Crippen LogP contribution is -2.42. The third-order valence-corrected chi connectivity index (χ3v) is 2.00. The van der Waals surface area contributed by atoms with Crippen LogP contribution in [0.1, 0.15) is 12.5 Å². The molecule has 1 atom stereocenters. The van der Waals surface area contributed by atoms with Crippen LogP contribution in [0.15, 0.2) is 18.3 Å². The molecule has 0 radical (unpaired) electrons. The van der Waals surface area contributed by atoms with Crippen LogP contribution in [0.4, 0.5) is 5.82 Å². The number of nitrogens with zero attached hydrogens (tertiary/aromatic N) is 1. The first-order chi connectivity index (χ1) is 6.48. The smallest absolute Gasteiger partial charge is 0.330 e. The summed E-state index contributed by atoms with van der Waals surface area (Å²) in [5, 5.41) is 0. The Labute approximate surface area is 82.1 Å². The van der Waals surface area contributed by atoms with E-state index in [1.807, 2.05) is 0 Å². The van der Waals surface area contributed by atoms with E-state index in [4.69, 9.17) is 11.5 Å². The van der Waals surface area contributed by atoms with Crippen molar-refractivity contribution in [3.8, 4) is 0 Å². The predicted octanol–water partition coefficient (Wildman–Crippen LogP) is 0.0107. The molecule has 0 bridgehead atoms. The Kier molecular flexibility index (Phi) is 2.71. The van der Waals surface area contributed by atoms with Crippen LogP contribution in [0.3, 0.4) is 0 Å². The van der Waals surface area contributed by atoms with Crippen molar-refractivity contribution in [1.29, 1.82) is 0 Å². The summed E-state index contributed by atoms with van der Waals surface area (Å²) in [5.74, 6) is -0.126. The summed E-state index contributed by atoms with van der Waals surface area (Å²) in [7, 11) is 1.29. The number of nitrogens with two attached hydrogens (primary N) is 2. The number of anilines is 1. The molecule has 4 N–H and O–H groups in total. The van der Waals surface area contributed by atoms with Crippen molar-refractivity contribution in [3.05, 3.63) is 23.9 Å². The monoisotopic (exact) mass is 195 g/mol. The van der Waals surface area contributed by atoms with Crippen molar-refractivity contribution in [2.75, 3.05) is 12.8 Å². The highest BCUT2D eigenvalue weighted by molar-refractivity contribution is 5.81. The van der Waals surface area contributed by atoms with Gasteiger partial charge in [0.25, 0.3) is 0 Å². The molecule has 0 aliphatic heterocycles. The van der Waals surface area contributed by atoms with Gasteiger partial charge in [0.2, 0.25) is 0 Å². The number of ether oxygens (including phenoxy) is 1. The molecule has 1 rings (SSSR count). The van der Waals surface area contributed by atoms with E-state index in [2.05, 4.69) is 9.72 Å². The third-order valence-electron chi connectivity index (χ3n) is 2.00. The number of carbonyl (C=O) groups excluding carboxylic acids is 1. The van der Waals surface area contributed by atoms with Gasteiger partial charge in [-0.15, -0.1) is 0 Å². The first-order valence-corrected chi connectivity index (χ1v) is 4.08. The number of nitrogen functional groups attached to an aromatic ring is 1. The zero-order valence-electron chi connectivity index (χ0n) is 8.15. The molecule has 1 aromatic heterocycles.